The van der Waals surface area contributed by atoms with Gasteiger partial charge in [-0.25, -0.2) is 4.98 Å². The van der Waals surface area contributed by atoms with Gasteiger partial charge in [-0.15, -0.1) is 11.8 Å². The van der Waals surface area contributed by atoms with E-state index in [9.17, 15) is 0 Å². The number of H-pyrrole nitrogens is 1. The van der Waals surface area contributed by atoms with Crippen LogP contribution in [0.15, 0.2) is 12.5 Å². The first-order valence-electron chi connectivity index (χ1n) is 5.22. The van der Waals surface area contributed by atoms with Crippen LogP contribution in [0.25, 0.3) is 0 Å². The van der Waals surface area contributed by atoms with E-state index in [-0.39, 0.29) is 0 Å². The molecule has 1 aromatic heterocycles. The maximum atomic E-state index is 3.96. The molecule has 1 heterocycles. The first kappa shape index (κ1) is 10.8. The van der Waals surface area contributed by atoms with Gasteiger partial charge in [0.25, 0.3) is 0 Å². The Hall–Kier alpha value is -1.23. The van der Waals surface area contributed by atoms with Crippen molar-refractivity contribution in [1.29, 1.82) is 0 Å². The zero-order chi connectivity index (χ0) is 10.2. The molecular weight excluding hydrogens is 172 g/mol. The van der Waals surface area contributed by atoms with Crippen molar-refractivity contribution in [3.05, 3.63) is 18.2 Å². The van der Waals surface area contributed by atoms with Crippen LogP contribution < -0.4 is 0 Å². The normalized spacial score (nSPS) is 9.93. The maximum absolute atomic E-state index is 3.96. The molecule has 0 radical (unpaired) electrons. The number of imidazole rings is 1. The van der Waals surface area contributed by atoms with Gasteiger partial charge in [-0.3, -0.25) is 0 Å². The smallest absolute Gasteiger partial charge is 0.0921 e. The summed E-state index contributed by atoms with van der Waals surface area (Å²) < 4.78 is 0. The molecule has 0 atom stereocenters. The second-order valence-electron chi connectivity index (χ2n) is 3.86. The third-order valence-corrected chi connectivity index (χ3v) is 2.05. The minimum Gasteiger partial charge on any atom is -0.348 e. The zero-order valence-electron chi connectivity index (χ0n) is 9.01. The molecule has 76 valence electrons. The lowest BCUT2D eigenvalue weighted by molar-refractivity contribution is 0.599. The van der Waals surface area contributed by atoms with Crippen molar-refractivity contribution < 1.29 is 0 Å². The van der Waals surface area contributed by atoms with Crippen molar-refractivity contribution in [3.63, 3.8) is 0 Å². The van der Waals surface area contributed by atoms with Gasteiger partial charge in [-0.05, 0) is 18.8 Å². The number of nitrogens with zero attached hydrogens (tertiary/aromatic N) is 1. The summed E-state index contributed by atoms with van der Waals surface area (Å²) in [5.41, 5.74) is 1.17. The lowest BCUT2D eigenvalue weighted by atomic mass is 10.1. The number of nitrogens with one attached hydrogen (secondary N) is 1. The molecule has 0 aliphatic heterocycles. The maximum Gasteiger partial charge on any atom is 0.0921 e. The highest BCUT2D eigenvalue weighted by molar-refractivity contribution is 5.03. The molecule has 0 bridgehead atoms. The summed E-state index contributed by atoms with van der Waals surface area (Å²) in [5.74, 6) is 7.14. The molecule has 1 aromatic rings. The highest BCUT2D eigenvalue weighted by Crippen LogP contribution is 2.02. The fourth-order valence-electron chi connectivity index (χ4n) is 1.16. The number of hydrogen-bond donors (Lipinski definition) is 1. The monoisotopic (exact) mass is 190 g/mol. The molecule has 0 amide bonds. The number of aromatic amines is 1. The lowest BCUT2D eigenvalue weighted by Gasteiger charge is -1.96. The van der Waals surface area contributed by atoms with E-state index in [1.807, 2.05) is 6.20 Å². The molecule has 0 fully saturated rings. The predicted molar refractivity (Wildman–Crippen MR) is 58.8 cm³/mol. The summed E-state index contributed by atoms with van der Waals surface area (Å²) in [4.78, 5) is 7.02. The molecule has 0 aliphatic rings. The first-order valence-corrected chi connectivity index (χ1v) is 5.22. The van der Waals surface area contributed by atoms with Crippen LogP contribution in [-0.2, 0) is 6.42 Å². The first-order chi connectivity index (χ1) is 6.79. The van der Waals surface area contributed by atoms with E-state index in [1.165, 1.54) is 12.1 Å². The van der Waals surface area contributed by atoms with Gasteiger partial charge in [0, 0.05) is 24.7 Å². The lowest BCUT2D eigenvalue weighted by Crippen LogP contribution is -1.85. The van der Waals surface area contributed by atoms with E-state index in [0.29, 0.717) is 0 Å². The Morgan fingerprint density at radius 3 is 2.79 bits per heavy atom. The predicted octanol–water partition coefficient (Wildman–Crippen LogP) is 2.78. The Morgan fingerprint density at radius 2 is 2.14 bits per heavy atom. The Balaban J connectivity index is 2.08. The Morgan fingerprint density at radius 1 is 1.36 bits per heavy atom. The summed E-state index contributed by atoms with van der Waals surface area (Å²) in [6, 6.07) is 0. The van der Waals surface area contributed by atoms with Gasteiger partial charge in [0.1, 0.15) is 0 Å². The van der Waals surface area contributed by atoms with Crippen molar-refractivity contribution in [2.75, 3.05) is 0 Å². The van der Waals surface area contributed by atoms with Crippen LogP contribution in [0.4, 0.5) is 0 Å². The van der Waals surface area contributed by atoms with Crippen LogP contribution in [0.1, 0.15) is 38.8 Å². The highest BCUT2D eigenvalue weighted by Gasteiger charge is 1.91. The standard InChI is InChI=1S/C12H18N2/c1-11(2)7-5-3-4-6-8-12-9-13-10-14-12/h9-11H,5-8H2,1-2H3,(H,13,14). The molecule has 0 unspecified atom stereocenters. The topological polar surface area (TPSA) is 28.7 Å². The average molecular weight is 190 g/mol. The summed E-state index contributed by atoms with van der Waals surface area (Å²) in [7, 11) is 0. The number of aromatic nitrogens is 2. The molecule has 14 heavy (non-hydrogen) atoms. The van der Waals surface area contributed by atoms with Crippen molar-refractivity contribution in [3.8, 4) is 11.8 Å². The van der Waals surface area contributed by atoms with Gasteiger partial charge in [-0.1, -0.05) is 13.8 Å². The second-order valence-corrected chi connectivity index (χ2v) is 3.86. The van der Waals surface area contributed by atoms with Crippen LogP contribution in [0.3, 0.4) is 0 Å². The van der Waals surface area contributed by atoms with Crippen LogP contribution in [0, 0.1) is 17.8 Å². The SMILES string of the molecule is CC(C)CCC#CCCc1cnc[nH]1. The van der Waals surface area contributed by atoms with Crippen molar-refractivity contribution in [2.24, 2.45) is 5.92 Å². The summed E-state index contributed by atoms with van der Waals surface area (Å²) in [5, 5.41) is 0. The summed E-state index contributed by atoms with van der Waals surface area (Å²) in [6.45, 7) is 4.46. The van der Waals surface area contributed by atoms with Crippen LogP contribution in [-0.4, -0.2) is 9.97 Å². The third kappa shape index (κ3) is 4.71. The van der Waals surface area contributed by atoms with Crippen molar-refractivity contribution >= 4 is 0 Å². The average Bonchev–Trinajstić information content (AvgIpc) is 2.63. The van der Waals surface area contributed by atoms with E-state index in [4.69, 9.17) is 0 Å². The molecule has 1 N–H and O–H groups in total. The van der Waals surface area contributed by atoms with Gasteiger partial charge >= 0.3 is 0 Å². The van der Waals surface area contributed by atoms with E-state index in [0.717, 1.165) is 25.2 Å². The minimum absolute atomic E-state index is 0.761. The molecule has 0 aromatic carbocycles. The van der Waals surface area contributed by atoms with Crippen molar-refractivity contribution in [1.82, 2.24) is 9.97 Å². The largest absolute Gasteiger partial charge is 0.348 e. The molecule has 2 heteroatoms. The highest BCUT2D eigenvalue weighted by atomic mass is 14.9. The molecule has 0 spiro atoms. The van der Waals surface area contributed by atoms with E-state index in [1.54, 1.807) is 6.33 Å². The number of rotatable bonds is 4. The Labute approximate surface area is 86.1 Å². The fraction of sp³-hybridized carbons (Fsp3) is 0.583. The van der Waals surface area contributed by atoms with E-state index >= 15 is 0 Å². The quantitative estimate of drug-likeness (QED) is 0.727. The molecular formula is C12H18N2. The van der Waals surface area contributed by atoms with Crippen LogP contribution in [0.5, 0.6) is 0 Å². The van der Waals surface area contributed by atoms with Crippen LogP contribution in [0.2, 0.25) is 0 Å². The van der Waals surface area contributed by atoms with Gasteiger partial charge < -0.3 is 4.98 Å². The van der Waals surface area contributed by atoms with E-state index < -0.39 is 0 Å². The molecule has 2 nitrogen and oxygen atoms in total. The van der Waals surface area contributed by atoms with Gasteiger partial charge in [0.05, 0.1) is 6.33 Å². The van der Waals surface area contributed by atoms with Crippen LogP contribution >= 0.6 is 0 Å². The van der Waals surface area contributed by atoms with Gasteiger partial charge in [0.2, 0.25) is 0 Å². The molecule has 0 aliphatic carbocycles. The Bertz CT molecular complexity index is 288. The molecule has 0 saturated heterocycles. The third-order valence-electron chi connectivity index (χ3n) is 2.05. The number of hydrogen-bond acceptors (Lipinski definition) is 1. The van der Waals surface area contributed by atoms with E-state index in [2.05, 4.69) is 35.7 Å². The fourth-order valence-corrected chi connectivity index (χ4v) is 1.16. The zero-order valence-corrected chi connectivity index (χ0v) is 9.01. The number of aryl methyl sites for hydroxylation is 1. The van der Waals surface area contributed by atoms with Gasteiger partial charge in [-0.2, -0.15) is 0 Å². The van der Waals surface area contributed by atoms with Crippen molar-refractivity contribution in [2.45, 2.75) is 39.5 Å². The second kappa shape index (κ2) is 6.26. The molecule has 1 rings (SSSR count). The summed E-state index contributed by atoms with van der Waals surface area (Å²) >= 11 is 0. The van der Waals surface area contributed by atoms with Gasteiger partial charge in [0.15, 0.2) is 0 Å². The summed E-state index contributed by atoms with van der Waals surface area (Å²) in [6.07, 6.45) is 7.71. The minimum atomic E-state index is 0.761. The Kier molecular flexibility index (Phi) is 4.85. The molecule has 0 saturated carbocycles.